The lowest BCUT2D eigenvalue weighted by atomic mass is 10.2. The Morgan fingerprint density at radius 2 is 2.14 bits per heavy atom. The number of halogens is 2. The van der Waals surface area contributed by atoms with Gasteiger partial charge in [0.2, 0.25) is 0 Å². The lowest BCUT2D eigenvalue weighted by Gasteiger charge is -2.26. The smallest absolute Gasteiger partial charge is 0.293 e. The molecule has 0 aliphatic carbocycles. The van der Waals surface area contributed by atoms with E-state index in [9.17, 15) is 14.5 Å². The predicted octanol–water partition coefficient (Wildman–Crippen LogP) is 2.47. The largest absolute Gasteiger partial charge is 0.379 e. The van der Waals surface area contributed by atoms with Gasteiger partial charge in [-0.15, -0.1) is 0 Å². The van der Waals surface area contributed by atoms with E-state index in [2.05, 4.69) is 10.2 Å². The van der Waals surface area contributed by atoms with Gasteiger partial charge < -0.3 is 10.1 Å². The molecule has 0 radical (unpaired) electrons. The maximum absolute atomic E-state index is 13.5. The standard InChI is InChI=1S/C13H17FIN3O3/c14-10-8-12(13(18(19)20)9-11(10)15)16-2-1-3-17-4-6-21-7-5-17/h8-9,16H,1-7H2. The van der Waals surface area contributed by atoms with Crippen molar-refractivity contribution in [3.63, 3.8) is 0 Å². The number of rotatable bonds is 6. The zero-order chi connectivity index (χ0) is 15.2. The number of hydrogen-bond acceptors (Lipinski definition) is 5. The van der Waals surface area contributed by atoms with Gasteiger partial charge in [0.1, 0.15) is 11.5 Å². The van der Waals surface area contributed by atoms with Crippen molar-refractivity contribution in [2.45, 2.75) is 6.42 Å². The van der Waals surface area contributed by atoms with Crippen LogP contribution in [0.5, 0.6) is 0 Å². The highest BCUT2D eigenvalue weighted by Crippen LogP contribution is 2.28. The molecule has 6 nitrogen and oxygen atoms in total. The van der Waals surface area contributed by atoms with Gasteiger partial charge in [-0.25, -0.2) is 4.39 Å². The van der Waals surface area contributed by atoms with Crippen LogP contribution in [0.15, 0.2) is 12.1 Å². The van der Waals surface area contributed by atoms with Crippen LogP contribution in [-0.4, -0.2) is 49.2 Å². The van der Waals surface area contributed by atoms with Crippen LogP contribution in [-0.2, 0) is 4.74 Å². The molecular weight excluding hydrogens is 392 g/mol. The summed E-state index contributed by atoms with van der Waals surface area (Å²) in [6.45, 7) is 4.80. The predicted molar refractivity (Wildman–Crippen MR) is 86.1 cm³/mol. The minimum Gasteiger partial charge on any atom is -0.379 e. The summed E-state index contributed by atoms with van der Waals surface area (Å²) < 4.78 is 19.0. The van der Waals surface area contributed by atoms with E-state index in [1.807, 2.05) is 0 Å². The normalized spacial score (nSPS) is 15.9. The zero-order valence-electron chi connectivity index (χ0n) is 11.5. The number of nitrogens with one attached hydrogen (secondary N) is 1. The van der Waals surface area contributed by atoms with Gasteiger partial charge in [0, 0.05) is 31.8 Å². The Bertz CT molecular complexity index is 510. The Kier molecular flexibility index (Phi) is 6.12. The SMILES string of the molecule is O=[N+]([O-])c1cc(I)c(F)cc1NCCCN1CCOCC1. The molecule has 1 aromatic carbocycles. The minimum atomic E-state index is -0.494. The molecule has 1 heterocycles. The van der Waals surface area contributed by atoms with E-state index in [0.717, 1.165) is 39.3 Å². The van der Waals surface area contributed by atoms with E-state index >= 15 is 0 Å². The Hall–Kier alpha value is -1.00. The first-order valence-corrected chi connectivity index (χ1v) is 7.83. The van der Waals surface area contributed by atoms with E-state index in [1.165, 1.54) is 12.1 Å². The molecule has 0 spiro atoms. The van der Waals surface area contributed by atoms with Crippen LogP contribution in [0.25, 0.3) is 0 Å². The Balaban J connectivity index is 1.87. The van der Waals surface area contributed by atoms with Gasteiger partial charge in [-0.05, 0) is 35.6 Å². The van der Waals surface area contributed by atoms with Crippen LogP contribution in [0.1, 0.15) is 6.42 Å². The van der Waals surface area contributed by atoms with Crippen LogP contribution in [0.4, 0.5) is 15.8 Å². The van der Waals surface area contributed by atoms with Gasteiger partial charge in [-0.3, -0.25) is 15.0 Å². The first-order chi connectivity index (χ1) is 10.1. The second kappa shape index (κ2) is 7.85. The molecule has 1 N–H and O–H groups in total. The van der Waals surface area contributed by atoms with E-state index in [0.29, 0.717) is 6.54 Å². The van der Waals surface area contributed by atoms with Gasteiger partial charge in [0.15, 0.2) is 0 Å². The summed E-state index contributed by atoms with van der Waals surface area (Å²) in [5, 5.41) is 13.9. The number of nitro groups is 1. The van der Waals surface area contributed by atoms with E-state index in [4.69, 9.17) is 4.74 Å². The number of benzene rings is 1. The van der Waals surface area contributed by atoms with Crippen molar-refractivity contribution < 1.29 is 14.1 Å². The van der Waals surface area contributed by atoms with Gasteiger partial charge in [0.25, 0.3) is 5.69 Å². The van der Waals surface area contributed by atoms with Crippen LogP contribution in [0.2, 0.25) is 0 Å². The average molecular weight is 409 g/mol. The van der Waals surface area contributed by atoms with Crippen LogP contribution >= 0.6 is 22.6 Å². The molecule has 1 aromatic rings. The van der Waals surface area contributed by atoms with Crippen LogP contribution < -0.4 is 5.32 Å². The molecule has 2 rings (SSSR count). The topological polar surface area (TPSA) is 67.6 Å². The van der Waals surface area contributed by atoms with Crippen molar-refractivity contribution in [1.82, 2.24) is 4.90 Å². The molecule has 0 amide bonds. The highest BCUT2D eigenvalue weighted by Gasteiger charge is 2.17. The second-order valence-electron chi connectivity index (χ2n) is 4.77. The summed E-state index contributed by atoms with van der Waals surface area (Å²) >= 11 is 1.75. The molecule has 0 unspecified atom stereocenters. The van der Waals surface area contributed by atoms with Gasteiger partial charge in [0.05, 0.1) is 21.7 Å². The van der Waals surface area contributed by atoms with Crippen molar-refractivity contribution in [1.29, 1.82) is 0 Å². The fourth-order valence-electron chi connectivity index (χ4n) is 2.18. The quantitative estimate of drug-likeness (QED) is 0.339. The molecule has 21 heavy (non-hydrogen) atoms. The van der Waals surface area contributed by atoms with Gasteiger partial charge >= 0.3 is 0 Å². The number of ether oxygens (including phenoxy) is 1. The molecule has 0 saturated carbocycles. The van der Waals surface area contributed by atoms with Crippen molar-refractivity contribution >= 4 is 34.0 Å². The summed E-state index contributed by atoms with van der Waals surface area (Å²) in [5.41, 5.74) is 0.145. The Labute approximate surface area is 135 Å². The second-order valence-corrected chi connectivity index (χ2v) is 5.94. The number of morpholine rings is 1. The number of nitro benzene ring substituents is 1. The molecule has 1 saturated heterocycles. The average Bonchev–Trinajstić information content (AvgIpc) is 2.47. The maximum Gasteiger partial charge on any atom is 0.293 e. The highest BCUT2D eigenvalue weighted by atomic mass is 127. The number of anilines is 1. The van der Waals surface area contributed by atoms with Gasteiger partial charge in [-0.2, -0.15) is 0 Å². The van der Waals surface area contributed by atoms with Crippen molar-refractivity contribution in [3.05, 3.63) is 31.6 Å². The first kappa shape index (κ1) is 16.4. The molecule has 1 aliphatic rings. The summed E-state index contributed by atoms with van der Waals surface area (Å²) in [6, 6.07) is 2.44. The van der Waals surface area contributed by atoms with E-state index < -0.39 is 10.7 Å². The van der Waals surface area contributed by atoms with Crippen molar-refractivity contribution in [3.8, 4) is 0 Å². The third-order valence-electron chi connectivity index (χ3n) is 3.31. The molecule has 0 aromatic heterocycles. The van der Waals surface area contributed by atoms with Crippen LogP contribution in [0, 0.1) is 19.5 Å². The van der Waals surface area contributed by atoms with Crippen molar-refractivity contribution in [2.24, 2.45) is 0 Å². The monoisotopic (exact) mass is 409 g/mol. The molecular formula is C13H17FIN3O3. The molecule has 116 valence electrons. The van der Waals surface area contributed by atoms with E-state index in [-0.39, 0.29) is 14.9 Å². The third kappa shape index (κ3) is 4.75. The minimum absolute atomic E-state index is 0.0906. The first-order valence-electron chi connectivity index (χ1n) is 6.75. The number of hydrogen-bond donors (Lipinski definition) is 1. The summed E-state index contributed by atoms with van der Waals surface area (Å²) in [6.07, 6.45) is 0.838. The summed E-state index contributed by atoms with van der Waals surface area (Å²) in [4.78, 5) is 12.8. The zero-order valence-corrected chi connectivity index (χ0v) is 13.6. The molecule has 0 bridgehead atoms. The van der Waals surface area contributed by atoms with Gasteiger partial charge in [-0.1, -0.05) is 0 Å². The van der Waals surface area contributed by atoms with E-state index in [1.54, 1.807) is 22.6 Å². The molecule has 8 heteroatoms. The maximum atomic E-state index is 13.5. The lowest BCUT2D eigenvalue weighted by Crippen LogP contribution is -2.37. The molecule has 1 aliphatic heterocycles. The lowest BCUT2D eigenvalue weighted by molar-refractivity contribution is -0.384. The highest BCUT2D eigenvalue weighted by molar-refractivity contribution is 14.1. The fourth-order valence-corrected chi connectivity index (χ4v) is 2.63. The van der Waals surface area contributed by atoms with Crippen LogP contribution in [0.3, 0.4) is 0 Å². The Morgan fingerprint density at radius 3 is 2.81 bits per heavy atom. The summed E-state index contributed by atoms with van der Waals surface area (Å²) in [7, 11) is 0. The van der Waals surface area contributed by atoms with Crippen molar-refractivity contribution in [2.75, 3.05) is 44.7 Å². The Morgan fingerprint density at radius 1 is 1.43 bits per heavy atom. The molecule has 1 fully saturated rings. The summed E-state index contributed by atoms with van der Waals surface area (Å²) in [5.74, 6) is -0.447. The molecule has 0 atom stereocenters. The fraction of sp³-hybridized carbons (Fsp3) is 0.538. The number of nitrogens with zero attached hydrogens (tertiary/aromatic N) is 2. The third-order valence-corrected chi connectivity index (χ3v) is 4.13.